The number of hydrogen-bond donors (Lipinski definition) is 1. The highest BCUT2D eigenvalue weighted by molar-refractivity contribution is 7.85. The summed E-state index contributed by atoms with van der Waals surface area (Å²) in [5.74, 6) is -2.27. The summed E-state index contributed by atoms with van der Waals surface area (Å²) in [7, 11) is -4.36. The van der Waals surface area contributed by atoms with Gasteiger partial charge >= 0.3 is 6.03 Å². The minimum Gasteiger partial charge on any atom is -0.304 e. The maximum Gasteiger partial charge on any atom is 0.333 e. The Bertz CT molecular complexity index is 1510. The number of nitrogens with zero attached hydrogens (tertiary/aromatic N) is 6. The Hall–Kier alpha value is -3.98. The van der Waals surface area contributed by atoms with E-state index < -0.39 is 33.9 Å². The number of urea groups is 1. The first-order valence-electron chi connectivity index (χ1n) is 18.8. The number of carbonyl (C=O) groups excluding carboxylic acids is 4. The molecule has 5 amide bonds. The molecule has 53 heavy (non-hydrogen) atoms. The molecule has 3 rings (SSSR count). The molecule has 0 aromatic heterocycles. The zero-order valence-electron chi connectivity index (χ0n) is 33.2. The summed E-state index contributed by atoms with van der Waals surface area (Å²) in [6.07, 6.45) is 10.5. The number of carbonyl (C=O) groups is 4. The summed E-state index contributed by atoms with van der Waals surface area (Å²) in [5.41, 5.74) is 0.754. The van der Waals surface area contributed by atoms with Gasteiger partial charge in [0.2, 0.25) is 0 Å². The quantitative estimate of drug-likeness (QED) is 0.0824. The average Bonchev–Trinajstić information content (AvgIpc) is 3.43. The predicted octanol–water partition coefficient (Wildman–Crippen LogP) is 6.40. The molecule has 1 saturated heterocycles. The van der Waals surface area contributed by atoms with E-state index >= 15 is 0 Å². The molecule has 0 saturated carbocycles. The number of anilines is 1. The number of allylic oxidation sites excluding steroid dienone is 4. The van der Waals surface area contributed by atoms with Crippen molar-refractivity contribution in [2.45, 2.75) is 92.9 Å². The largest absolute Gasteiger partial charge is 0.333 e. The molecule has 1 fully saturated rings. The van der Waals surface area contributed by atoms with Crippen molar-refractivity contribution < 1.29 is 32.1 Å². The normalized spacial score (nSPS) is 16.5. The molecule has 2 aliphatic heterocycles. The number of unbranched alkanes of at least 4 members (excludes halogenated alkanes) is 2. The zero-order valence-corrected chi connectivity index (χ0v) is 34.1. The van der Waals surface area contributed by atoms with Crippen molar-refractivity contribution >= 4 is 45.3 Å². The lowest BCUT2D eigenvalue weighted by Crippen LogP contribution is -2.56. The second kappa shape index (κ2) is 24.4. The van der Waals surface area contributed by atoms with E-state index in [1.807, 2.05) is 13.8 Å². The maximum atomic E-state index is 12.9. The molecule has 1 unspecified atom stereocenters. The topological polar surface area (TPSA) is 151 Å². The van der Waals surface area contributed by atoms with Crippen LogP contribution in [0.3, 0.4) is 0 Å². The average molecular weight is 759 g/mol. The lowest BCUT2D eigenvalue weighted by molar-refractivity contribution is -0.136. The molecule has 2 aliphatic rings. The third-order valence-electron chi connectivity index (χ3n) is 8.92. The van der Waals surface area contributed by atoms with Crippen LogP contribution in [0.1, 0.15) is 88.0 Å². The smallest absolute Gasteiger partial charge is 0.304 e. The maximum absolute atomic E-state index is 12.9. The monoisotopic (exact) mass is 758 g/mol. The van der Waals surface area contributed by atoms with Crippen LogP contribution in [0.15, 0.2) is 70.2 Å². The third kappa shape index (κ3) is 14.4. The number of hydrogen-bond acceptors (Lipinski definition) is 9. The molecule has 296 valence electrons. The molecular formula is C39H62N6O7S. The number of imide groups is 2. The van der Waals surface area contributed by atoms with Gasteiger partial charge in [0.05, 0.1) is 22.2 Å². The van der Waals surface area contributed by atoms with E-state index in [4.69, 9.17) is 4.55 Å². The standard InChI is InChI=1S/C27H32N4O7S.2C6H15N/c1-4-6-17-29-24(32)23(25(33)30(27(29)35)18-7-5-2)12-10-8-9-11-22-19(3)28-31(26(22)34)20-13-15-21(16-14-20)39(36,37)38;2*1-4-7(5-2)6-3/h8-16,22H,4-7,17-18H2,1-3H3,(H,36,37,38);2*4-6H2,1-3H3. The molecule has 0 spiro atoms. The molecular weight excluding hydrogens is 697 g/mol. The highest BCUT2D eigenvalue weighted by Crippen LogP contribution is 2.26. The molecule has 0 bridgehead atoms. The highest BCUT2D eigenvalue weighted by atomic mass is 32.2. The fourth-order valence-corrected chi connectivity index (χ4v) is 5.83. The number of hydrazone groups is 1. The van der Waals surface area contributed by atoms with E-state index in [1.165, 1.54) is 75.7 Å². The van der Waals surface area contributed by atoms with Crippen LogP contribution in [-0.4, -0.2) is 114 Å². The zero-order chi connectivity index (χ0) is 40.1. The van der Waals surface area contributed by atoms with E-state index in [1.54, 1.807) is 25.2 Å². The van der Waals surface area contributed by atoms with Crippen LogP contribution < -0.4 is 5.01 Å². The second-order valence-electron chi connectivity index (χ2n) is 12.3. The van der Waals surface area contributed by atoms with Crippen LogP contribution in [0.5, 0.6) is 0 Å². The van der Waals surface area contributed by atoms with Crippen molar-refractivity contribution in [3.63, 3.8) is 0 Å². The van der Waals surface area contributed by atoms with Crippen LogP contribution in [0.2, 0.25) is 0 Å². The van der Waals surface area contributed by atoms with Crippen molar-refractivity contribution in [3.8, 4) is 0 Å². The molecule has 13 nitrogen and oxygen atoms in total. The molecule has 2 heterocycles. The van der Waals surface area contributed by atoms with Gasteiger partial charge in [-0.2, -0.15) is 18.5 Å². The Kier molecular flexibility index (Phi) is 21.6. The lowest BCUT2D eigenvalue weighted by atomic mass is 10.0. The van der Waals surface area contributed by atoms with E-state index in [0.29, 0.717) is 24.2 Å². The van der Waals surface area contributed by atoms with Crippen LogP contribution in [0.25, 0.3) is 0 Å². The van der Waals surface area contributed by atoms with Gasteiger partial charge < -0.3 is 9.80 Å². The first-order chi connectivity index (χ1) is 25.2. The van der Waals surface area contributed by atoms with Crippen molar-refractivity contribution in [3.05, 3.63) is 60.2 Å². The number of amides is 5. The van der Waals surface area contributed by atoms with Crippen molar-refractivity contribution in [1.82, 2.24) is 19.6 Å². The summed E-state index contributed by atoms with van der Waals surface area (Å²) in [4.78, 5) is 58.1. The Balaban J connectivity index is 0.000000845. The van der Waals surface area contributed by atoms with Crippen molar-refractivity contribution in [1.29, 1.82) is 0 Å². The van der Waals surface area contributed by atoms with Crippen molar-refractivity contribution in [2.75, 3.05) is 57.4 Å². The van der Waals surface area contributed by atoms with Crippen LogP contribution >= 0.6 is 0 Å². The fraction of sp³-hybridized carbons (Fsp3) is 0.564. The Morgan fingerprint density at radius 1 is 0.717 bits per heavy atom. The van der Waals surface area contributed by atoms with Gasteiger partial charge in [0.15, 0.2) is 0 Å². The molecule has 1 atom stereocenters. The summed E-state index contributed by atoms with van der Waals surface area (Å²) in [5, 5.41) is 5.40. The first kappa shape index (κ1) is 47.0. The Labute approximate surface area is 317 Å². The van der Waals surface area contributed by atoms with E-state index in [-0.39, 0.29) is 29.5 Å². The number of barbiturate groups is 1. The molecule has 14 heteroatoms. The SMILES string of the molecule is CCCCN1C(=O)C(=CC=CC=CC2C(=O)N(c3ccc(S(=O)(=O)O)cc3)N=C2C)C(=O)N(CCCC)C1=O.CCN(CC)CC.CCN(CC)CC. The second-order valence-corrected chi connectivity index (χ2v) is 13.8. The molecule has 0 aliphatic carbocycles. The van der Waals surface area contributed by atoms with Gasteiger partial charge in [-0.05, 0) is 89.4 Å². The van der Waals surface area contributed by atoms with Gasteiger partial charge in [0.25, 0.3) is 27.8 Å². The van der Waals surface area contributed by atoms with Gasteiger partial charge in [-0.15, -0.1) is 0 Å². The van der Waals surface area contributed by atoms with Gasteiger partial charge in [0.1, 0.15) is 5.57 Å². The van der Waals surface area contributed by atoms with Crippen LogP contribution in [-0.2, 0) is 24.5 Å². The molecule has 1 aromatic rings. The molecule has 0 radical (unpaired) electrons. The molecule has 1 aromatic carbocycles. The summed E-state index contributed by atoms with van der Waals surface area (Å²) in [6, 6.07) is 4.51. The minimum absolute atomic E-state index is 0.0966. The van der Waals surface area contributed by atoms with Crippen LogP contribution in [0.4, 0.5) is 10.5 Å². The lowest BCUT2D eigenvalue weighted by Gasteiger charge is -2.33. The Morgan fingerprint density at radius 2 is 1.17 bits per heavy atom. The van der Waals surface area contributed by atoms with Crippen molar-refractivity contribution in [2.24, 2.45) is 11.0 Å². The van der Waals surface area contributed by atoms with E-state index in [0.717, 1.165) is 27.7 Å². The number of rotatable bonds is 17. The van der Waals surface area contributed by atoms with Gasteiger partial charge in [0, 0.05) is 13.1 Å². The van der Waals surface area contributed by atoms with Gasteiger partial charge in [-0.3, -0.25) is 28.7 Å². The summed E-state index contributed by atoms with van der Waals surface area (Å²) in [6.45, 7) is 26.3. The van der Waals surface area contributed by atoms with Gasteiger partial charge in [-0.25, -0.2) is 4.79 Å². The molecule has 1 N–H and O–H groups in total. The highest BCUT2D eigenvalue weighted by Gasteiger charge is 2.41. The predicted molar refractivity (Wildman–Crippen MR) is 212 cm³/mol. The van der Waals surface area contributed by atoms with Gasteiger partial charge in [-0.1, -0.05) is 92.5 Å². The third-order valence-corrected chi connectivity index (χ3v) is 9.79. The number of benzene rings is 1. The Morgan fingerprint density at radius 3 is 1.55 bits per heavy atom. The van der Waals surface area contributed by atoms with E-state index in [2.05, 4.69) is 56.4 Å². The minimum atomic E-state index is -4.36. The van der Waals surface area contributed by atoms with E-state index in [9.17, 15) is 27.6 Å². The van der Waals surface area contributed by atoms with Crippen LogP contribution in [0, 0.1) is 5.92 Å². The summed E-state index contributed by atoms with van der Waals surface area (Å²) < 4.78 is 31.6. The summed E-state index contributed by atoms with van der Waals surface area (Å²) >= 11 is 0. The fourth-order valence-electron chi connectivity index (χ4n) is 5.35. The first-order valence-corrected chi connectivity index (χ1v) is 20.3.